The fourth-order valence-corrected chi connectivity index (χ4v) is 9.95. The van der Waals surface area contributed by atoms with E-state index in [0.29, 0.717) is 78.4 Å². The molecule has 0 radical (unpaired) electrons. The third kappa shape index (κ3) is 8.50. The van der Waals surface area contributed by atoms with E-state index in [0.717, 1.165) is 39.8 Å². The summed E-state index contributed by atoms with van der Waals surface area (Å²) in [6.07, 6.45) is 4.54. The maximum atomic E-state index is 14.0. The molecule has 5 aromatic rings. The van der Waals surface area contributed by atoms with Crippen LogP contribution in [-0.4, -0.2) is 106 Å². The van der Waals surface area contributed by atoms with Crippen LogP contribution in [0.25, 0.3) is 22.0 Å². The van der Waals surface area contributed by atoms with Crippen LogP contribution in [0.2, 0.25) is 0 Å². The molecule has 1 atom stereocenters. The molecule has 14 nitrogen and oxygen atoms in total. The number of aromatic nitrogens is 3. The summed E-state index contributed by atoms with van der Waals surface area (Å²) < 4.78 is 12.5. The molecule has 1 amide bonds. The second-order valence-corrected chi connectivity index (χ2v) is 16.6. The van der Waals surface area contributed by atoms with Crippen LogP contribution in [-0.2, 0) is 25.6 Å². The van der Waals surface area contributed by atoms with E-state index in [9.17, 15) is 29.4 Å². The van der Waals surface area contributed by atoms with Crippen molar-refractivity contribution in [2.75, 3.05) is 50.2 Å². The van der Waals surface area contributed by atoms with E-state index in [2.05, 4.69) is 15.3 Å². The van der Waals surface area contributed by atoms with Crippen LogP contribution >= 0.6 is 22.7 Å². The van der Waals surface area contributed by atoms with Gasteiger partial charge < -0.3 is 29.9 Å². The standard InChI is InChI=1S/C41H46N6O8S2/c1-23-28(7-5-9-31(23)44-36(50)37-43-25(3)40(57-37)45(4)35(41(52)53)26-12-17-54-18-13-26)29-8-6-10-32-30(29)11-16-47(32)39(51)38-42-24(2)33(56-38)21-46(22-34(48)49)27-14-19-55-20-15-27/h5-11,16,26-27,35H,12-15,17-22H2,1-4H3,(H,44,50)(H,48,49)(H,52,53)/t35-/m0/s1. The molecule has 2 aliphatic heterocycles. The Hall–Kier alpha value is -5.00. The number of benzene rings is 2. The monoisotopic (exact) mass is 814 g/mol. The highest BCUT2D eigenvalue weighted by molar-refractivity contribution is 7.17. The van der Waals surface area contributed by atoms with E-state index in [1.807, 2.05) is 61.2 Å². The summed E-state index contributed by atoms with van der Waals surface area (Å²) in [5, 5.41) is 24.8. The largest absolute Gasteiger partial charge is 0.480 e. The summed E-state index contributed by atoms with van der Waals surface area (Å²) in [4.78, 5) is 65.4. The van der Waals surface area contributed by atoms with Crippen LogP contribution in [0.15, 0.2) is 48.7 Å². The molecule has 57 heavy (non-hydrogen) atoms. The highest BCUT2D eigenvalue weighted by Gasteiger charge is 2.35. The van der Waals surface area contributed by atoms with Gasteiger partial charge >= 0.3 is 11.9 Å². The zero-order chi connectivity index (χ0) is 40.4. The number of aryl methyl sites for hydroxylation is 2. The minimum Gasteiger partial charge on any atom is -0.480 e. The molecule has 7 rings (SSSR count). The molecular weight excluding hydrogens is 769 g/mol. The van der Waals surface area contributed by atoms with Gasteiger partial charge in [-0.2, -0.15) is 0 Å². The van der Waals surface area contributed by atoms with Gasteiger partial charge in [-0.3, -0.25) is 23.9 Å². The Morgan fingerprint density at radius 3 is 2.25 bits per heavy atom. The number of anilines is 2. The molecule has 3 N–H and O–H groups in total. The maximum Gasteiger partial charge on any atom is 0.326 e. The van der Waals surface area contributed by atoms with Crippen molar-refractivity contribution in [1.29, 1.82) is 0 Å². The summed E-state index contributed by atoms with van der Waals surface area (Å²) >= 11 is 2.46. The molecule has 0 aliphatic carbocycles. The smallest absolute Gasteiger partial charge is 0.326 e. The lowest BCUT2D eigenvalue weighted by atomic mass is 9.91. The molecule has 2 aromatic carbocycles. The zero-order valence-corrected chi connectivity index (χ0v) is 34.0. The number of hydrogen-bond acceptors (Lipinski definition) is 12. The lowest BCUT2D eigenvalue weighted by Gasteiger charge is -2.34. The van der Waals surface area contributed by atoms with Gasteiger partial charge in [-0.15, -0.1) is 11.3 Å². The van der Waals surface area contributed by atoms with Crippen molar-refractivity contribution in [3.8, 4) is 11.1 Å². The fourth-order valence-electron chi connectivity index (χ4n) is 7.96. The van der Waals surface area contributed by atoms with E-state index in [1.54, 1.807) is 29.6 Å². The van der Waals surface area contributed by atoms with Gasteiger partial charge in [-0.25, -0.2) is 14.8 Å². The second-order valence-electron chi connectivity index (χ2n) is 14.6. The molecule has 2 fully saturated rings. The molecule has 2 saturated heterocycles. The van der Waals surface area contributed by atoms with Crippen molar-refractivity contribution in [3.63, 3.8) is 0 Å². The van der Waals surface area contributed by atoms with Gasteiger partial charge in [0, 0.05) is 68.2 Å². The summed E-state index contributed by atoms with van der Waals surface area (Å²) in [6, 6.07) is 12.6. The first-order chi connectivity index (χ1) is 27.4. The fraction of sp³-hybridized carbons (Fsp3) is 0.415. The van der Waals surface area contributed by atoms with E-state index in [-0.39, 0.29) is 29.4 Å². The van der Waals surface area contributed by atoms with Crippen molar-refractivity contribution in [1.82, 2.24) is 19.4 Å². The van der Waals surface area contributed by atoms with Crippen LogP contribution in [0, 0.1) is 26.7 Å². The quantitative estimate of drug-likeness (QED) is 0.118. The molecule has 2 aliphatic rings. The van der Waals surface area contributed by atoms with Crippen LogP contribution in [0.3, 0.4) is 0 Å². The predicted octanol–water partition coefficient (Wildman–Crippen LogP) is 6.47. The molecular formula is C41H46N6O8S2. The van der Waals surface area contributed by atoms with E-state index >= 15 is 0 Å². The summed E-state index contributed by atoms with van der Waals surface area (Å²) in [5.74, 6) is -2.57. The maximum absolute atomic E-state index is 14.0. The third-order valence-corrected chi connectivity index (χ3v) is 13.3. The third-order valence-electron chi connectivity index (χ3n) is 11.0. The van der Waals surface area contributed by atoms with Gasteiger partial charge in [0.2, 0.25) is 0 Å². The number of ether oxygens (including phenoxy) is 2. The second kappa shape index (κ2) is 17.2. The lowest BCUT2D eigenvalue weighted by molar-refractivity contribution is -0.141. The molecule has 0 bridgehead atoms. The van der Waals surface area contributed by atoms with Crippen molar-refractivity contribution < 1.29 is 38.9 Å². The van der Waals surface area contributed by atoms with E-state index < -0.39 is 23.9 Å². The minimum atomic E-state index is -0.916. The number of thiazole rings is 2. The van der Waals surface area contributed by atoms with Crippen LogP contribution < -0.4 is 10.2 Å². The molecule has 3 aromatic heterocycles. The first-order valence-corrected chi connectivity index (χ1v) is 20.6. The van der Waals surface area contributed by atoms with E-state index in [1.165, 1.54) is 22.7 Å². The number of fused-ring (bicyclic) bond motifs is 1. The number of carbonyl (C=O) groups excluding carboxylic acids is 2. The van der Waals surface area contributed by atoms with Crippen molar-refractivity contribution in [3.05, 3.63) is 80.5 Å². The van der Waals surface area contributed by atoms with Gasteiger partial charge in [0.15, 0.2) is 10.0 Å². The van der Waals surface area contributed by atoms with Gasteiger partial charge in [0.1, 0.15) is 11.0 Å². The number of carboxylic acids is 2. The number of hydrogen-bond donors (Lipinski definition) is 3. The van der Waals surface area contributed by atoms with Gasteiger partial charge in [-0.1, -0.05) is 35.6 Å². The first-order valence-electron chi connectivity index (χ1n) is 19.0. The van der Waals surface area contributed by atoms with Gasteiger partial charge in [-0.05, 0) is 87.3 Å². The SMILES string of the molecule is Cc1nc(C(=O)n2ccc3c(-c4cccc(NC(=O)c5nc(C)c(N(C)[C@H](C(=O)O)C6CCOCC6)s5)c4C)cccc32)sc1CN(CC(=O)O)C1CCOCC1. The Balaban J connectivity index is 1.10. The Labute approximate surface area is 338 Å². The average molecular weight is 815 g/mol. The number of nitrogens with one attached hydrogen (secondary N) is 1. The molecule has 0 unspecified atom stereocenters. The highest BCUT2D eigenvalue weighted by atomic mass is 32.1. The number of carbonyl (C=O) groups is 4. The predicted molar refractivity (Wildman–Crippen MR) is 219 cm³/mol. The van der Waals surface area contributed by atoms with Gasteiger partial charge in [0.25, 0.3) is 11.8 Å². The number of nitrogens with zero attached hydrogens (tertiary/aromatic N) is 5. The number of carboxylic acid groups (broad SMARTS) is 2. The van der Waals surface area contributed by atoms with Gasteiger partial charge in [0.05, 0.1) is 23.4 Å². The Bertz CT molecular complexity index is 2300. The minimum absolute atomic E-state index is 0.0785. The van der Waals surface area contributed by atoms with Crippen LogP contribution in [0.5, 0.6) is 0 Å². The zero-order valence-electron chi connectivity index (χ0n) is 32.3. The normalized spacial score (nSPS) is 15.9. The Morgan fingerprint density at radius 1 is 0.877 bits per heavy atom. The number of amides is 1. The highest BCUT2D eigenvalue weighted by Crippen LogP contribution is 2.37. The summed E-state index contributed by atoms with van der Waals surface area (Å²) in [7, 11) is 1.74. The Morgan fingerprint density at radius 2 is 1.54 bits per heavy atom. The molecule has 0 saturated carbocycles. The van der Waals surface area contributed by atoms with E-state index in [4.69, 9.17) is 9.47 Å². The van der Waals surface area contributed by atoms with Crippen molar-refractivity contribution >= 4 is 68.0 Å². The Kier molecular flexibility index (Phi) is 12.2. The lowest BCUT2D eigenvalue weighted by Crippen LogP contribution is -2.46. The number of aliphatic carboxylic acids is 2. The van der Waals surface area contributed by atoms with Crippen molar-refractivity contribution in [2.24, 2.45) is 5.92 Å². The number of rotatable bonds is 13. The summed E-state index contributed by atoms with van der Waals surface area (Å²) in [6.45, 7) is 8.08. The first kappa shape index (κ1) is 40.2. The van der Waals surface area contributed by atoms with Crippen molar-refractivity contribution in [2.45, 2.75) is 65.1 Å². The topological polar surface area (TPSA) is 176 Å². The molecule has 5 heterocycles. The summed E-state index contributed by atoms with van der Waals surface area (Å²) in [5.41, 5.74) is 5.16. The molecule has 16 heteroatoms. The molecule has 0 spiro atoms. The average Bonchev–Trinajstić information content (AvgIpc) is 3.92. The molecule has 300 valence electrons. The van der Waals surface area contributed by atoms with Crippen LogP contribution in [0.4, 0.5) is 10.7 Å². The van der Waals surface area contributed by atoms with Crippen LogP contribution in [0.1, 0.15) is 67.1 Å². The number of likely N-dealkylation sites (N-methyl/N-ethyl adjacent to an activating group) is 1.